The number of pyridine rings is 1. The van der Waals surface area contributed by atoms with Crippen LogP contribution in [0.25, 0.3) is 0 Å². The first-order chi connectivity index (χ1) is 7.90. The Hall–Kier alpha value is -1.87. The number of nitrogens with two attached hydrogens (primary N) is 1. The molecule has 0 amide bonds. The number of ether oxygens (including phenoxy) is 1. The zero-order chi connectivity index (χ0) is 11.2. The van der Waals surface area contributed by atoms with Gasteiger partial charge in [0.25, 0.3) is 0 Å². The van der Waals surface area contributed by atoms with Gasteiger partial charge in [-0.25, -0.2) is 0 Å². The molecule has 16 heavy (non-hydrogen) atoms. The second kappa shape index (κ2) is 5.28. The van der Waals surface area contributed by atoms with E-state index in [9.17, 15) is 0 Å². The molecule has 0 aliphatic carbocycles. The molecule has 2 rings (SSSR count). The standard InChI is InChI=1S/C13H14N2O/c14-8-11-6-7-15-9-12(11)10-16-13-4-2-1-3-5-13/h1-7,9H,8,10,14H2. The van der Waals surface area contributed by atoms with Gasteiger partial charge in [0.1, 0.15) is 12.4 Å². The molecule has 0 aliphatic heterocycles. The van der Waals surface area contributed by atoms with E-state index < -0.39 is 0 Å². The van der Waals surface area contributed by atoms with Gasteiger partial charge in [0.05, 0.1) is 0 Å². The third-order valence-corrected chi connectivity index (χ3v) is 2.36. The second-order valence-electron chi connectivity index (χ2n) is 3.45. The first-order valence-electron chi connectivity index (χ1n) is 5.20. The highest BCUT2D eigenvalue weighted by Crippen LogP contribution is 2.13. The summed E-state index contributed by atoms with van der Waals surface area (Å²) in [5.74, 6) is 0.856. The molecular weight excluding hydrogens is 200 g/mol. The van der Waals surface area contributed by atoms with Gasteiger partial charge in [-0.2, -0.15) is 0 Å². The summed E-state index contributed by atoms with van der Waals surface area (Å²) in [5, 5.41) is 0. The van der Waals surface area contributed by atoms with Crippen molar-refractivity contribution < 1.29 is 4.74 Å². The number of hydrogen-bond donors (Lipinski definition) is 1. The van der Waals surface area contributed by atoms with Gasteiger partial charge in [-0.05, 0) is 23.8 Å². The minimum Gasteiger partial charge on any atom is -0.489 e. The van der Waals surface area contributed by atoms with E-state index in [0.29, 0.717) is 13.2 Å². The lowest BCUT2D eigenvalue weighted by Crippen LogP contribution is -2.05. The van der Waals surface area contributed by atoms with Crippen molar-refractivity contribution in [3.63, 3.8) is 0 Å². The van der Waals surface area contributed by atoms with Gasteiger partial charge < -0.3 is 10.5 Å². The van der Waals surface area contributed by atoms with Crippen LogP contribution in [-0.4, -0.2) is 4.98 Å². The average molecular weight is 214 g/mol. The van der Waals surface area contributed by atoms with Gasteiger partial charge in [0.15, 0.2) is 0 Å². The molecule has 1 aromatic heterocycles. The number of rotatable bonds is 4. The summed E-state index contributed by atoms with van der Waals surface area (Å²) >= 11 is 0. The Morgan fingerprint density at radius 1 is 1.06 bits per heavy atom. The van der Waals surface area contributed by atoms with Crippen LogP contribution in [0.1, 0.15) is 11.1 Å². The van der Waals surface area contributed by atoms with E-state index in [-0.39, 0.29) is 0 Å². The number of benzene rings is 1. The average Bonchev–Trinajstić information content (AvgIpc) is 2.38. The Balaban J connectivity index is 2.05. The van der Waals surface area contributed by atoms with Gasteiger partial charge in [0, 0.05) is 24.5 Å². The third kappa shape index (κ3) is 2.58. The molecule has 2 N–H and O–H groups in total. The fourth-order valence-corrected chi connectivity index (χ4v) is 1.46. The summed E-state index contributed by atoms with van der Waals surface area (Å²) in [6.45, 7) is 1.01. The van der Waals surface area contributed by atoms with Crippen LogP contribution in [-0.2, 0) is 13.2 Å². The van der Waals surface area contributed by atoms with Crippen molar-refractivity contribution >= 4 is 0 Å². The molecule has 3 nitrogen and oxygen atoms in total. The van der Waals surface area contributed by atoms with E-state index in [4.69, 9.17) is 10.5 Å². The van der Waals surface area contributed by atoms with E-state index in [1.54, 1.807) is 12.4 Å². The van der Waals surface area contributed by atoms with Crippen molar-refractivity contribution in [2.45, 2.75) is 13.2 Å². The predicted octanol–water partition coefficient (Wildman–Crippen LogP) is 2.12. The Kier molecular flexibility index (Phi) is 3.51. The van der Waals surface area contributed by atoms with Crippen LogP contribution in [0.5, 0.6) is 5.75 Å². The van der Waals surface area contributed by atoms with Crippen LogP contribution < -0.4 is 10.5 Å². The molecule has 0 spiro atoms. The van der Waals surface area contributed by atoms with E-state index in [1.165, 1.54) is 0 Å². The Labute approximate surface area is 94.9 Å². The maximum atomic E-state index is 5.64. The van der Waals surface area contributed by atoms with Crippen LogP contribution in [0.2, 0.25) is 0 Å². The lowest BCUT2D eigenvalue weighted by molar-refractivity contribution is 0.304. The molecule has 2 aromatic rings. The fraction of sp³-hybridized carbons (Fsp3) is 0.154. The van der Waals surface area contributed by atoms with Crippen LogP contribution in [0.3, 0.4) is 0 Å². The van der Waals surface area contributed by atoms with Crippen molar-refractivity contribution in [1.29, 1.82) is 0 Å². The number of nitrogens with zero attached hydrogens (tertiary/aromatic N) is 1. The number of aromatic nitrogens is 1. The summed E-state index contributed by atoms with van der Waals surface area (Å²) in [7, 11) is 0. The molecular formula is C13H14N2O. The first kappa shape index (κ1) is 10.6. The predicted molar refractivity (Wildman–Crippen MR) is 62.9 cm³/mol. The van der Waals surface area contributed by atoms with Crippen LogP contribution in [0, 0.1) is 0 Å². The van der Waals surface area contributed by atoms with Crippen molar-refractivity contribution in [1.82, 2.24) is 4.98 Å². The summed E-state index contributed by atoms with van der Waals surface area (Å²) in [6.07, 6.45) is 3.54. The normalized spacial score (nSPS) is 10.1. The zero-order valence-electron chi connectivity index (χ0n) is 8.97. The summed E-state index contributed by atoms with van der Waals surface area (Å²) in [5.41, 5.74) is 7.75. The first-order valence-corrected chi connectivity index (χ1v) is 5.20. The number of hydrogen-bond acceptors (Lipinski definition) is 3. The van der Waals surface area contributed by atoms with E-state index in [0.717, 1.165) is 16.9 Å². The smallest absolute Gasteiger partial charge is 0.119 e. The molecule has 0 bridgehead atoms. The quantitative estimate of drug-likeness (QED) is 0.848. The molecule has 1 aromatic carbocycles. The van der Waals surface area contributed by atoms with E-state index >= 15 is 0 Å². The van der Waals surface area contributed by atoms with E-state index in [1.807, 2.05) is 36.4 Å². The Morgan fingerprint density at radius 3 is 2.62 bits per heavy atom. The lowest BCUT2D eigenvalue weighted by Gasteiger charge is -2.08. The maximum absolute atomic E-state index is 5.64. The van der Waals surface area contributed by atoms with Crippen molar-refractivity contribution in [3.05, 3.63) is 59.9 Å². The zero-order valence-corrected chi connectivity index (χ0v) is 8.97. The highest BCUT2D eigenvalue weighted by atomic mass is 16.5. The van der Waals surface area contributed by atoms with Gasteiger partial charge in [0.2, 0.25) is 0 Å². The number of para-hydroxylation sites is 1. The van der Waals surface area contributed by atoms with E-state index in [2.05, 4.69) is 4.98 Å². The molecule has 0 radical (unpaired) electrons. The maximum Gasteiger partial charge on any atom is 0.119 e. The molecule has 3 heteroatoms. The topological polar surface area (TPSA) is 48.1 Å². The second-order valence-corrected chi connectivity index (χ2v) is 3.45. The van der Waals surface area contributed by atoms with Gasteiger partial charge in [-0.15, -0.1) is 0 Å². The molecule has 0 aliphatic rings. The van der Waals surface area contributed by atoms with Gasteiger partial charge in [-0.3, -0.25) is 4.98 Å². The molecule has 1 heterocycles. The van der Waals surface area contributed by atoms with Crippen LogP contribution >= 0.6 is 0 Å². The minimum atomic E-state index is 0.504. The monoisotopic (exact) mass is 214 g/mol. The van der Waals surface area contributed by atoms with Crippen molar-refractivity contribution in [2.75, 3.05) is 0 Å². The molecule has 0 unspecified atom stereocenters. The molecule has 0 saturated carbocycles. The highest BCUT2D eigenvalue weighted by molar-refractivity contribution is 5.25. The third-order valence-electron chi connectivity index (χ3n) is 2.36. The van der Waals surface area contributed by atoms with Crippen LogP contribution in [0.15, 0.2) is 48.8 Å². The highest BCUT2D eigenvalue weighted by Gasteiger charge is 2.01. The lowest BCUT2D eigenvalue weighted by atomic mass is 10.1. The van der Waals surface area contributed by atoms with Crippen molar-refractivity contribution in [2.24, 2.45) is 5.73 Å². The Morgan fingerprint density at radius 2 is 1.88 bits per heavy atom. The summed E-state index contributed by atoms with van der Waals surface area (Å²) < 4.78 is 5.64. The summed E-state index contributed by atoms with van der Waals surface area (Å²) in [4.78, 5) is 4.07. The fourth-order valence-electron chi connectivity index (χ4n) is 1.46. The SMILES string of the molecule is NCc1ccncc1COc1ccccc1. The molecule has 82 valence electrons. The van der Waals surface area contributed by atoms with Gasteiger partial charge in [-0.1, -0.05) is 18.2 Å². The van der Waals surface area contributed by atoms with Crippen LogP contribution in [0.4, 0.5) is 0 Å². The van der Waals surface area contributed by atoms with Crippen molar-refractivity contribution in [3.8, 4) is 5.75 Å². The Bertz CT molecular complexity index is 443. The molecule has 0 atom stereocenters. The minimum absolute atomic E-state index is 0.504. The van der Waals surface area contributed by atoms with Gasteiger partial charge >= 0.3 is 0 Å². The summed E-state index contributed by atoms with van der Waals surface area (Å²) in [6, 6.07) is 11.6. The largest absolute Gasteiger partial charge is 0.489 e. The molecule has 0 fully saturated rings. The molecule has 0 saturated heterocycles.